The van der Waals surface area contributed by atoms with Gasteiger partial charge in [-0.1, -0.05) is 38.1 Å². The van der Waals surface area contributed by atoms with Crippen LogP contribution >= 0.6 is 0 Å². The van der Waals surface area contributed by atoms with E-state index in [2.05, 4.69) is 26.0 Å². The van der Waals surface area contributed by atoms with Crippen molar-refractivity contribution in [2.24, 2.45) is 17.1 Å². The number of ether oxygens (including phenoxy) is 1. The van der Waals surface area contributed by atoms with E-state index in [0.29, 0.717) is 13.1 Å². The standard InChI is InChI=1S/C17H22N2O2/c1-16(2)14-13(7-8-21-14)17(16,18)15(20)19-9-11-5-3-4-6-12(11)10-19/h3-6,13-14H,7-10,18H2,1-2H3. The molecule has 2 heterocycles. The van der Waals surface area contributed by atoms with E-state index < -0.39 is 5.54 Å². The molecule has 0 spiro atoms. The third-order valence-electron chi connectivity index (χ3n) is 5.94. The highest BCUT2D eigenvalue weighted by Crippen LogP contribution is 2.59. The van der Waals surface area contributed by atoms with Crippen molar-refractivity contribution in [3.8, 4) is 0 Å². The molecule has 1 saturated heterocycles. The van der Waals surface area contributed by atoms with Gasteiger partial charge in [0.05, 0.1) is 6.10 Å². The summed E-state index contributed by atoms with van der Waals surface area (Å²) in [6.07, 6.45) is 1.04. The lowest BCUT2D eigenvalue weighted by atomic mass is 9.47. The fourth-order valence-electron chi connectivity index (χ4n) is 4.56. The van der Waals surface area contributed by atoms with Crippen LogP contribution in [0.1, 0.15) is 31.4 Å². The molecule has 0 radical (unpaired) electrons. The number of hydrogen-bond donors (Lipinski definition) is 1. The van der Waals surface area contributed by atoms with Gasteiger partial charge < -0.3 is 15.4 Å². The van der Waals surface area contributed by atoms with Gasteiger partial charge >= 0.3 is 0 Å². The maximum absolute atomic E-state index is 13.1. The molecule has 1 aromatic carbocycles. The predicted octanol–water partition coefficient (Wildman–Crippen LogP) is 1.67. The summed E-state index contributed by atoms with van der Waals surface area (Å²) in [7, 11) is 0. The first-order chi connectivity index (χ1) is 9.96. The van der Waals surface area contributed by atoms with E-state index in [9.17, 15) is 4.79 Å². The molecule has 1 saturated carbocycles. The van der Waals surface area contributed by atoms with Gasteiger partial charge in [0.15, 0.2) is 0 Å². The Morgan fingerprint density at radius 1 is 1.29 bits per heavy atom. The summed E-state index contributed by atoms with van der Waals surface area (Å²) in [6, 6.07) is 8.25. The molecular formula is C17H22N2O2. The molecule has 2 fully saturated rings. The number of hydrogen-bond acceptors (Lipinski definition) is 3. The Morgan fingerprint density at radius 2 is 1.90 bits per heavy atom. The zero-order valence-electron chi connectivity index (χ0n) is 12.6. The first kappa shape index (κ1) is 13.3. The van der Waals surface area contributed by atoms with Crippen molar-refractivity contribution in [2.45, 2.75) is 45.0 Å². The summed E-state index contributed by atoms with van der Waals surface area (Å²) in [5.74, 6) is 0.263. The molecule has 1 aromatic rings. The average Bonchev–Trinajstić information content (AvgIpc) is 3.11. The van der Waals surface area contributed by atoms with Gasteiger partial charge in [-0.05, 0) is 17.5 Å². The second-order valence-corrected chi connectivity index (χ2v) is 7.21. The molecule has 3 atom stereocenters. The van der Waals surface area contributed by atoms with E-state index in [1.807, 2.05) is 17.0 Å². The summed E-state index contributed by atoms with van der Waals surface area (Å²) >= 11 is 0. The van der Waals surface area contributed by atoms with Gasteiger partial charge in [-0.15, -0.1) is 0 Å². The molecule has 1 amide bonds. The van der Waals surface area contributed by atoms with E-state index in [4.69, 9.17) is 10.5 Å². The maximum atomic E-state index is 13.1. The van der Waals surface area contributed by atoms with Crippen LogP contribution in [0.2, 0.25) is 0 Å². The van der Waals surface area contributed by atoms with E-state index in [1.54, 1.807) is 0 Å². The van der Waals surface area contributed by atoms with Gasteiger partial charge in [-0.25, -0.2) is 0 Å². The first-order valence-corrected chi connectivity index (χ1v) is 7.73. The molecule has 1 aliphatic carbocycles. The number of amides is 1. The van der Waals surface area contributed by atoms with E-state index in [0.717, 1.165) is 13.0 Å². The number of fused-ring (bicyclic) bond motifs is 2. The van der Waals surface area contributed by atoms with Crippen molar-refractivity contribution in [1.29, 1.82) is 0 Å². The number of benzene rings is 1. The quantitative estimate of drug-likeness (QED) is 0.854. The minimum atomic E-state index is -0.782. The largest absolute Gasteiger partial charge is 0.377 e. The van der Waals surface area contributed by atoms with Crippen molar-refractivity contribution in [3.05, 3.63) is 35.4 Å². The molecule has 4 nitrogen and oxygen atoms in total. The van der Waals surface area contributed by atoms with Crippen molar-refractivity contribution in [2.75, 3.05) is 6.61 Å². The van der Waals surface area contributed by atoms with Crippen molar-refractivity contribution < 1.29 is 9.53 Å². The van der Waals surface area contributed by atoms with E-state index in [1.165, 1.54) is 11.1 Å². The Balaban J connectivity index is 1.62. The third kappa shape index (κ3) is 1.49. The van der Waals surface area contributed by atoms with Crippen LogP contribution in [-0.4, -0.2) is 29.1 Å². The molecule has 3 unspecified atom stereocenters. The smallest absolute Gasteiger partial charge is 0.244 e. The molecule has 0 aromatic heterocycles. The van der Waals surface area contributed by atoms with Gasteiger partial charge in [-0.2, -0.15) is 0 Å². The predicted molar refractivity (Wildman–Crippen MR) is 79.2 cm³/mol. The number of rotatable bonds is 1. The lowest BCUT2D eigenvalue weighted by Gasteiger charge is -2.61. The van der Waals surface area contributed by atoms with Crippen LogP contribution in [0.4, 0.5) is 0 Å². The minimum Gasteiger partial charge on any atom is -0.377 e. The highest BCUT2D eigenvalue weighted by molar-refractivity contribution is 5.90. The topological polar surface area (TPSA) is 55.6 Å². The van der Waals surface area contributed by atoms with Crippen LogP contribution in [0, 0.1) is 11.3 Å². The van der Waals surface area contributed by atoms with Gasteiger partial charge in [0.25, 0.3) is 0 Å². The Hall–Kier alpha value is -1.39. The van der Waals surface area contributed by atoms with Crippen LogP contribution in [0.5, 0.6) is 0 Å². The Bertz CT molecular complexity index is 588. The summed E-state index contributed by atoms with van der Waals surface area (Å²) in [5.41, 5.74) is 8.06. The summed E-state index contributed by atoms with van der Waals surface area (Å²) in [4.78, 5) is 15.0. The van der Waals surface area contributed by atoms with Crippen LogP contribution in [0.15, 0.2) is 24.3 Å². The molecule has 2 aliphatic heterocycles. The molecule has 4 rings (SSSR count). The van der Waals surface area contributed by atoms with Gasteiger partial charge in [0, 0.05) is 31.0 Å². The van der Waals surface area contributed by atoms with Crippen molar-refractivity contribution in [1.82, 2.24) is 4.90 Å². The first-order valence-electron chi connectivity index (χ1n) is 7.73. The minimum absolute atomic E-state index is 0.0930. The second kappa shape index (κ2) is 4.08. The number of carbonyl (C=O) groups excluding carboxylic acids is 1. The van der Waals surface area contributed by atoms with Gasteiger partial charge in [0.1, 0.15) is 5.54 Å². The third-order valence-corrected chi connectivity index (χ3v) is 5.94. The number of nitrogens with two attached hydrogens (primary N) is 1. The number of nitrogens with zero attached hydrogens (tertiary/aromatic N) is 1. The van der Waals surface area contributed by atoms with Crippen LogP contribution in [-0.2, 0) is 22.6 Å². The molecule has 0 bridgehead atoms. The van der Waals surface area contributed by atoms with E-state index >= 15 is 0 Å². The Labute approximate surface area is 125 Å². The highest BCUT2D eigenvalue weighted by atomic mass is 16.5. The number of carbonyl (C=O) groups is 1. The van der Waals surface area contributed by atoms with Crippen LogP contribution < -0.4 is 5.73 Å². The summed E-state index contributed by atoms with van der Waals surface area (Å²) in [6.45, 7) is 6.23. The van der Waals surface area contributed by atoms with Crippen LogP contribution in [0.3, 0.4) is 0 Å². The molecule has 21 heavy (non-hydrogen) atoms. The fraction of sp³-hybridized carbons (Fsp3) is 0.588. The zero-order valence-corrected chi connectivity index (χ0v) is 12.6. The second-order valence-electron chi connectivity index (χ2n) is 7.21. The zero-order chi connectivity index (χ0) is 14.8. The maximum Gasteiger partial charge on any atom is 0.244 e. The lowest BCUT2D eigenvalue weighted by Crippen LogP contribution is -2.80. The van der Waals surface area contributed by atoms with Crippen molar-refractivity contribution in [3.63, 3.8) is 0 Å². The Morgan fingerprint density at radius 3 is 2.52 bits per heavy atom. The summed E-state index contributed by atoms with van der Waals surface area (Å²) < 4.78 is 5.79. The monoisotopic (exact) mass is 286 g/mol. The molecule has 4 heteroatoms. The summed E-state index contributed by atoms with van der Waals surface area (Å²) in [5, 5.41) is 0. The highest BCUT2D eigenvalue weighted by Gasteiger charge is 2.72. The Kier molecular flexibility index (Phi) is 2.58. The average molecular weight is 286 g/mol. The van der Waals surface area contributed by atoms with E-state index in [-0.39, 0.29) is 23.3 Å². The van der Waals surface area contributed by atoms with Crippen LogP contribution in [0.25, 0.3) is 0 Å². The normalized spacial score (nSPS) is 36.0. The van der Waals surface area contributed by atoms with Gasteiger partial charge in [-0.3, -0.25) is 4.79 Å². The fourth-order valence-corrected chi connectivity index (χ4v) is 4.56. The SMILES string of the molecule is CC1(C)C2OCCC2C1(N)C(=O)N1Cc2ccccc2C1. The lowest BCUT2D eigenvalue weighted by molar-refractivity contribution is -0.184. The molecule has 2 N–H and O–H groups in total. The van der Waals surface area contributed by atoms with Gasteiger partial charge in [0.2, 0.25) is 5.91 Å². The molecular weight excluding hydrogens is 264 g/mol. The van der Waals surface area contributed by atoms with Crippen molar-refractivity contribution >= 4 is 5.91 Å². The molecule has 3 aliphatic rings. The molecule has 112 valence electrons.